The first-order chi connectivity index (χ1) is 12.6. The summed E-state index contributed by atoms with van der Waals surface area (Å²) in [6.07, 6.45) is 2.29. The van der Waals surface area contributed by atoms with Crippen molar-refractivity contribution in [3.63, 3.8) is 0 Å². The van der Waals surface area contributed by atoms with Gasteiger partial charge in [0, 0.05) is 28.9 Å². The summed E-state index contributed by atoms with van der Waals surface area (Å²) in [7, 11) is 0. The fourth-order valence-electron chi connectivity index (χ4n) is 3.58. The number of phenolic OH excluding ortho intramolecular Hbond substituents is 1. The van der Waals surface area contributed by atoms with Crippen molar-refractivity contribution in [2.75, 3.05) is 18.4 Å². The Balaban J connectivity index is 1.82. The van der Waals surface area contributed by atoms with Gasteiger partial charge < -0.3 is 15.7 Å². The van der Waals surface area contributed by atoms with E-state index in [2.05, 4.69) is 46.0 Å². The minimum atomic E-state index is 0.235. The number of phenols is 1. The number of hydrogen-bond donors (Lipinski definition) is 3. The van der Waals surface area contributed by atoms with E-state index in [1.54, 1.807) is 6.07 Å². The lowest BCUT2D eigenvalue weighted by Gasteiger charge is -2.25. The average molecular weight is 348 g/mol. The zero-order valence-corrected chi connectivity index (χ0v) is 15.2. The smallest absolute Gasteiger partial charge is 0.156 e. The van der Waals surface area contributed by atoms with Crippen molar-refractivity contribution >= 4 is 16.6 Å². The molecule has 0 spiro atoms. The second-order valence-electron chi connectivity index (χ2n) is 7.15. The monoisotopic (exact) mass is 348 g/mol. The Morgan fingerprint density at radius 2 is 1.85 bits per heavy atom. The molecule has 0 radical (unpaired) electrons. The lowest BCUT2D eigenvalue weighted by Crippen LogP contribution is -2.38. The number of aromatic hydroxyl groups is 1. The van der Waals surface area contributed by atoms with E-state index in [4.69, 9.17) is 0 Å². The Labute approximate surface area is 153 Å². The van der Waals surface area contributed by atoms with Gasteiger partial charge in [-0.05, 0) is 57.0 Å². The molecule has 1 saturated heterocycles. The number of nitrogens with zero attached hydrogens (tertiary/aromatic N) is 2. The largest absolute Gasteiger partial charge is 0.507 e. The highest BCUT2D eigenvalue weighted by molar-refractivity contribution is 6.01. The third-order valence-electron chi connectivity index (χ3n) is 4.98. The maximum absolute atomic E-state index is 10.4. The summed E-state index contributed by atoms with van der Waals surface area (Å²) in [5.74, 6) is 1.04. The van der Waals surface area contributed by atoms with Gasteiger partial charge in [-0.25, -0.2) is 0 Å². The Morgan fingerprint density at radius 1 is 1.04 bits per heavy atom. The lowest BCUT2D eigenvalue weighted by molar-refractivity contribution is 0.476. The third kappa shape index (κ3) is 3.22. The van der Waals surface area contributed by atoms with Gasteiger partial charge in [0.05, 0.1) is 0 Å². The van der Waals surface area contributed by atoms with Crippen LogP contribution >= 0.6 is 0 Å². The Hall–Kier alpha value is -2.66. The molecule has 0 saturated carbocycles. The number of aryl methyl sites for hydroxylation is 2. The predicted molar refractivity (Wildman–Crippen MR) is 106 cm³/mol. The second-order valence-corrected chi connectivity index (χ2v) is 7.15. The van der Waals surface area contributed by atoms with E-state index >= 15 is 0 Å². The number of piperidine rings is 1. The van der Waals surface area contributed by atoms with E-state index in [1.807, 2.05) is 19.1 Å². The Bertz CT molecular complexity index is 948. The lowest BCUT2D eigenvalue weighted by atomic mass is 10.0. The highest BCUT2D eigenvalue weighted by Gasteiger charge is 2.18. The molecule has 0 aliphatic carbocycles. The predicted octanol–water partition coefficient (Wildman–Crippen LogP) is 3.78. The van der Waals surface area contributed by atoms with E-state index in [0.717, 1.165) is 53.6 Å². The van der Waals surface area contributed by atoms with E-state index in [-0.39, 0.29) is 5.75 Å². The number of benzene rings is 2. The first-order valence-electron chi connectivity index (χ1n) is 9.16. The van der Waals surface area contributed by atoms with Crippen molar-refractivity contribution in [1.82, 2.24) is 15.5 Å². The van der Waals surface area contributed by atoms with Crippen LogP contribution in [0.3, 0.4) is 0 Å². The minimum absolute atomic E-state index is 0.235. The van der Waals surface area contributed by atoms with Crippen LogP contribution in [0, 0.1) is 13.8 Å². The van der Waals surface area contributed by atoms with Crippen molar-refractivity contribution in [2.24, 2.45) is 0 Å². The van der Waals surface area contributed by atoms with Gasteiger partial charge in [0.1, 0.15) is 11.4 Å². The molecule has 4 rings (SSSR count). The first-order valence-corrected chi connectivity index (χ1v) is 9.16. The van der Waals surface area contributed by atoms with Crippen molar-refractivity contribution in [2.45, 2.75) is 32.7 Å². The molecule has 5 nitrogen and oxygen atoms in total. The normalized spacial score (nSPS) is 17.4. The van der Waals surface area contributed by atoms with Crippen LogP contribution in [0.5, 0.6) is 5.75 Å². The molecule has 1 aliphatic heterocycles. The summed E-state index contributed by atoms with van der Waals surface area (Å²) in [5, 5.41) is 28.4. The standard InChI is InChI=1S/C21H24N4O/c1-13-5-7-16-18(10-13)20(17-8-6-14(2)11-19(17)26)24-25-21(16)23-15-4-3-9-22-12-15/h5-8,10-11,15,22,26H,3-4,9,12H2,1-2H3,(H,23,25). The van der Waals surface area contributed by atoms with Crippen LogP contribution in [0.2, 0.25) is 0 Å². The number of anilines is 1. The molecule has 3 aromatic rings. The topological polar surface area (TPSA) is 70.1 Å². The van der Waals surface area contributed by atoms with Gasteiger partial charge >= 0.3 is 0 Å². The zero-order chi connectivity index (χ0) is 18.1. The van der Waals surface area contributed by atoms with E-state index in [1.165, 1.54) is 0 Å². The zero-order valence-electron chi connectivity index (χ0n) is 15.2. The fourth-order valence-corrected chi connectivity index (χ4v) is 3.58. The molecule has 1 fully saturated rings. The van der Waals surface area contributed by atoms with E-state index in [9.17, 15) is 5.11 Å². The Morgan fingerprint density at radius 3 is 2.62 bits per heavy atom. The molecule has 1 aliphatic rings. The molecule has 1 aromatic heterocycles. The Kier molecular flexibility index (Phi) is 4.47. The van der Waals surface area contributed by atoms with Crippen molar-refractivity contribution in [1.29, 1.82) is 0 Å². The molecule has 0 bridgehead atoms. The van der Waals surface area contributed by atoms with Crippen LogP contribution in [-0.2, 0) is 0 Å². The van der Waals surface area contributed by atoms with Crippen LogP contribution in [0.4, 0.5) is 5.82 Å². The van der Waals surface area contributed by atoms with Gasteiger partial charge in [-0.2, -0.15) is 0 Å². The maximum atomic E-state index is 10.4. The van der Waals surface area contributed by atoms with Crippen LogP contribution in [0.15, 0.2) is 36.4 Å². The summed E-state index contributed by atoms with van der Waals surface area (Å²) in [6, 6.07) is 12.3. The van der Waals surface area contributed by atoms with Gasteiger partial charge in [0.15, 0.2) is 5.82 Å². The molecule has 0 amide bonds. The van der Waals surface area contributed by atoms with Crippen molar-refractivity contribution in [3.8, 4) is 17.0 Å². The molecule has 3 N–H and O–H groups in total. The summed E-state index contributed by atoms with van der Waals surface area (Å²) in [5.41, 5.74) is 3.60. The van der Waals surface area contributed by atoms with Crippen LogP contribution in [-0.4, -0.2) is 34.4 Å². The minimum Gasteiger partial charge on any atom is -0.507 e. The molecule has 134 valence electrons. The van der Waals surface area contributed by atoms with E-state index in [0.29, 0.717) is 17.3 Å². The number of nitrogens with one attached hydrogen (secondary N) is 2. The quantitative estimate of drug-likeness (QED) is 0.672. The molecular formula is C21H24N4O. The van der Waals surface area contributed by atoms with Crippen molar-refractivity contribution < 1.29 is 5.11 Å². The highest BCUT2D eigenvalue weighted by Crippen LogP contribution is 2.35. The molecule has 1 unspecified atom stereocenters. The van der Waals surface area contributed by atoms with E-state index < -0.39 is 0 Å². The molecular weight excluding hydrogens is 324 g/mol. The molecule has 5 heteroatoms. The molecule has 26 heavy (non-hydrogen) atoms. The molecule has 1 atom stereocenters. The summed E-state index contributed by atoms with van der Waals surface area (Å²) >= 11 is 0. The number of hydrogen-bond acceptors (Lipinski definition) is 5. The summed E-state index contributed by atoms with van der Waals surface area (Å²) in [6.45, 7) is 6.05. The fraction of sp³-hybridized carbons (Fsp3) is 0.333. The van der Waals surface area contributed by atoms with Crippen LogP contribution in [0.1, 0.15) is 24.0 Å². The maximum Gasteiger partial charge on any atom is 0.156 e. The summed E-state index contributed by atoms with van der Waals surface area (Å²) < 4.78 is 0. The van der Waals surface area contributed by atoms with Gasteiger partial charge in [-0.15, -0.1) is 10.2 Å². The SMILES string of the molecule is Cc1ccc(-c2nnc(NC3CCCNC3)c3ccc(C)cc23)c(O)c1. The third-order valence-corrected chi connectivity index (χ3v) is 4.98. The van der Waals surface area contributed by atoms with Gasteiger partial charge in [0.2, 0.25) is 0 Å². The first kappa shape index (κ1) is 16.8. The van der Waals surface area contributed by atoms with Crippen LogP contribution in [0.25, 0.3) is 22.0 Å². The van der Waals surface area contributed by atoms with Crippen molar-refractivity contribution in [3.05, 3.63) is 47.5 Å². The average Bonchev–Trinajstić information content (AvgIpc) is 2.63. The van der Waals surface area contributed by atoms with Crippen LogP contribution < -0.4 is 10.6 Å². The highest BCUT2D eigenvalue weighted by atomic mass is 16.3. The number of fused-ring (bicyclic) bond motifs is 1. The number of aromatic nitrogens is 2. The number of rotatable bonds is 3. The van der Waals surface area contributed by atoms with Gasteiger partial charge in [-0.1, -0.05) is 23.8 Å². The molecule has 2 aromatic carbocycles. The molecule has 2 heterocycles. The van der Waals surface area contributed by atoms with Gasteiger partial charge in [-0.3, -0.25) is 0 Å². The van der Waals surface area contributed by atoms with Gasteiger partial charge in [0.25, 0.3) is 0 Å². The second kappa shape index (κ2) is 6.92. The summed E-state index contributed by atoms with van der Waals surface area (Å²) in [4.78, 5) is 0.